The number of nitrogens with zero attached hydrogens (tertiary/aromatic N) is 1. The van der Waals surface area contributed by atoms with E-state index in [9.17, 15) is 0 Å². The van der Waals surface area contributed by atoms with E-state index in [1.807, 2.05) is 23.5 Å². The molecule has 3 aromatic rings. The molecule has 0 saturated carbocycles. The summed E-state index contributed by atoms with van der Waals surface area (Å²) in [6.07, 6.45) is 1.91. The third-order valence-corrected chi connectivity index (χ3v) is 7.43. The van der Waals surface area contributed by atoms with E-state index in [2.05, 4.69) is 62.6 Å². The Labute approximate surface area is 159 Å². The number of benzene rings is 2. The van der Waals surface area contributed by atoms with Crippen LogP contribution in [-0.4, -0.2) is 12.7 Å². The molecule has 1 aliphatic heterocycles. The maximum atomic E-state index is 6.74. The van der Waals surface area contributed by atoms with Gasteiger partial charge in [0.15, 0.2) is 5.60 Å². The Bertz CT molecular complexity index is 979. The van der Waals surface area contributed by atoms with Crippen LogP contribution < -0.4 is 14.0 Å². The van der Waals surface area contributed by atoms with E-state index < -0.39 is 0 Å². The molecular formula is C22H26NO2S+. The minimum absolute atomic E-state index is 0.164. The molecule has 2 aromatic carbocycles. The van der Waals surface area contributed by atoms with Crippen LogP contribution in [0.15, 0.2) is 42.5 Å². The molecule has 0 aliphatic carbocycles. The van der Waals surface area contributed by atoms with Crippen LogP contribution in [0.5, 0.6) is 11.5 Å². The number of hydrogen-bond donors (Lipinski definition) is 0. The molecule has 2 atom stereocenters. The molecule has 0 radical (unpaired) electrons. The molecule has 4 rings (SSSR count). The summed E-state index contributed by atoms with van der Waals surface area (Å²) in [5, 5.41) is 1.25. The van der Waals surface area contributed by atoms with Gasteiger partial charge in [0.25, 0.3) is 5.01 Å². The number of hydrogen-bond acceptors (Lipinski definition) is 3. The monoisotopic (exact) mass is 368 g/mol. The second-order valence-corrected chi connectivity index (χ2v) is 8.42. The number of methoxy groups -OCH3 is 1. The minimum Gasteiger partial charge on any atom is -0.497 e. The summed E-state index contributed by atoms with van der Waals surface area (Å²) in [5.41, 5.74) is 1.93. The van der Waals surface area contributed by atoms with Gasteiger partial charge in [0.2, 0.25) is 11.1 Å². The molecule has 3 nitrogen and oxygen atoms in total. The van der Waals surface area contributed by atoms with Gasteiger partial charge in [-0.15, -0.1) is 0 Å². The highest BCUT2D eigenvalue weighted by Crippen LogP contribution is 2.47. The molecule has 1 aliphatic rings. The number of fused-ring (bicyclic) bond motifs is 5. The Kier molecular flexibility index (Phi) is 3.99. The first-order valence-corrected chi connectivity index (χ1v) is 10.1. The van der Waals surface area contributed by atoms with Gasteiger partial charge in [-0.25, -0.2) is 0 Å². The van der Waals surface area contributed by atoms with Crippen molar-refractivity contribution in [2.75, 3.05) is 7.11 Å². The molecule has 0 fully saturated rings. The van der Waals surface area contributed by atoms with Crippen molar-refractivity contribution in [1.82, 2.24) is 0 Å². The van der Waals surface area contributed by atoms with Crippen molar-refractivity contribution < 1.29 is 14.0 Å². The van der Waals surface area contributed by atoms with E-state index in [1.165, 1.54) is 15.2 Å². The highest BCUT2D eigenvalue weighted by atomic mass is 32.1. The molecule has 2 heterocycles. The lowest BCUT2D eigenvalue weighted by atomic mass is 9.77. The Hall–Kier alpha value is -2.07. The Morgan fingerprint density at radius 2 is 1.85 bits per heavy atom. The third-order valence-electron chi connectivity index (χ3n) is 6.27. The van der Waals surface area contributed by atoms with Crippen LogP contribution in [0.2, 0.25) is 0 Å². The van der Waals surface area contributed by atoms with Crippen LogP contribution in [0, 0.1) is 0 Å². The molecule has 4 heteroatoms. The maximum absolute atomic E-state index is 6.74. The molecule has 0 saturated heterocycles. The number of aromatic nitrogens is 1. The summed E-state index contributed by atoms with van der Waals surface area (Å²) < 4.78 is 16.0. The predicted octanol–water partition coefficient (Wildman–Crippen LogP) is 5.55. The number of ether oxygens (including phenoxy) is 2. The fourth-order valence-corrected chi connectivity index (χ4v) is 5.41. The van der Waals surface area contributed by atoms with Crippen molar-refractivity contribution in [2.24, 2.45) is 0 Å². The van der Waals surface area contributed by atoms with E-state index in [1.54, 1.807) is 7.11 Å². The normalized spacial score (nSPS) is 24.5. The second kappa shape index (κ2) is 5.98. The predicted molar refractivity (Wildman–Crippen MR) is 107 cm³/mol. The van der Waals surface area contributed by atoms with Gasteiger partial charge in [0, 0.05) is 25.5 Å². The fourth-order valence-electron chi connectivity index (χ4n) is 4.12. The first kappa shape index (κ1) is 17.3. The SMILES string of the molecule is CCC1(C)Oc2cc(OC)ccc2-c2sc3ccccc3[n+]2C1(C)CC. The molecule has 136 valence electrons. The van der Waals surface area contributed by atoms with E-state index >= 15 is 0 Å². The molecule has 1 aromatic heterocycles. The topological polar surface area (TPSA) is 22.3 Å². The standard InChI is InChI=1S/C22H26NO2S/c1-6-21(3)22(4,7-2)25-18-14-15(24-5)12-13-16(18)20-23(21)17-10-8-9-11-19(17)26-20/h8-14H,6-7H2,1-5H3/q+1. The van der Waals surface area contributed by atoms with Gasteiger partial charge in [-0.2, -0.15) is 4.57 Å². The average molecular weight is 369 g/mol. The van der Waals surface area contributed by atoms with Gasteiger partial charge in [-0.05, 0) is 31.5 Å². The zero-order chi connectivity index (χ0) is 18.5. The van der Waals surface area contributed by atoms with Crippen molar-refractivity contribution in [2.45, 2.75) is 51.7 Å². The fraction of sp³-hybridized carbons (Fsp3) is 0.409. The van der Waals surface area contributed by atoms with Crippen molar-refractivity contribution >= 4 is 21.6 Å². The molecule has 2 unspecified atom stereocenters. The second-order valence-electron chi connectivity index (χ2n) is 7.39. The van der Waals surface area contributed by atoms with E-state index in [0.717, 1.165) is 29.9 Å². The lowest BCUT2D eigenvalue weighted by molar-refractivity contribution is -0.740. The third kappa shape index (κ3) is 2.21. The van der Waals surface area contributed by atoms with Crippen molar-refractivity contribution in [1.29, 1.82) is 0 Å². The van der Waals surface area contributed by atoms with E-state index in [0.29, 0.717) is 0 Å². The Morgan fingerprint density at radius 1 is 1.08 bits per heavy atom. The van der Waals surface area contributed by atoms with Gasteiger partial charge in [0.05, 0.1) is 12.7 Å². The number of thiazole rings is 1. The van der Waals surface area contributed by atoms with Gasteiger partial charge in [0.1, 0.15) is 16.2 Å². The number of rotatable bonds is 3. The number of para-hydroxylation sites is 1. The zero-order valence-electron chi connectivity index (χ0n) is 16.1. The van der Waals surface area contributed by atoms with Gasteiger partial charge >= 0.3 is 0 Å². The largest absolute Gasteiger partial charge is 0.497 e. The van der Waals surface area contributed by atoms with Crippen molar-refractivity contribution in [3.8, 4) is 22.1 Å². The molecule has 0 N–H and O–H groups in total. The van der Waals surface area contributed by atoms with Crippen LogP contribution in [0.3, 0.4) is 0 Å². The molecular weight excluding hydrogens is 342 g/mol. The van der Waals surface area contributed by atoms with Crippen molar-refractivity contribution in [3.05, 3.63) is 42.5 Å². The summed E-state index contributed by atoms with van der Waals surface area (Å²) in [4.78, 5) is 0. The van der Waals surface area contributed by atoms with Gasteiger partial charge in [-0.3, -0.25) is 0 Å². The first-order valence-electron chi connectivity index (χ1n) is 9.29. The van der Waals surface area contributed by atoms with Crippen LogP contribution in [0.4, 0.5) is 0 Å². The quantitative estimate of drug-likeness (QED) is 0.566. The summed E-state index contributed by atoms with van der Waals surface area (Å²) in [6.45, 7) is 9.06. The van der Waals surface area contributed by atoms with Crippen LogP contribution in [-0.2, 0) is 5.54 Å². The lowest BCUT2D eigenvalue weighted by Crippen LogP contribution is -2.67. The van der Waals surface area contributed by atoms with Gasteiger partial charge < -0.3 is 9.47 Å². The first-order chi connectivity index (χ1) is 12.5. The Morgan fingerprint density at radius 3 is 2.54 bits per heavy atom. The summed E-state index contributed by atoms with van der Waals surface area (Å²) in [6, 6.07) is 14.9. The summed E-state index contributed by atoms with van der Waals surface area (Å²) in [5.74, 6) is 1.74. The van der Waals surface area contributed by atoms with Gasteiger partial charge in [-0.1, -0.05) is 37.3 Å². The molecule has 0 spiro atoms. The van der Waals surface area contributed by atoms with E-state index in [-0.39, 0.29) is 11.1 Å². The maximum Gasteiger partial charge on any atom is 0.274 e. The smallest absolute Gasteiger partial charge is 0.274 e. The summed E-state index contributed by atoms with van der Waals surface area (Å²) >= 11 is 1.84. The molecule has 0 amide bonds. The Balaban J connectivity index is 2.14. The van der Waals surface area contributed by atoms with Crippen LogP contribution in [0.1, 0.15) is 40.5 Å². The highest BCUT2D eigenvalue weighted by molar-refractivity contribution is 7.21. The van der Waals surface area contributed by atoms with Crippen LogP contribution >= 0.6 is 11.3 Å². The average Bonchev–Trinajstić information content (AvgIpc) is 3.03. The lowest BCUT2D eigenvalue weighted by Gasteiger charge is -2.39. The van der Waals surface area contributed by atoms with Crippen molar-refractivity contribution in [3.63, 3.8) is 0 Å². The van der Waals surface area contributed by atoms with E-state index in [4.69, 9.17) is 9.47 Å². The zero-order valence-corrected chi connectivity index (χ0v) is 16.9. The molecule has 26 heavy (non-hydrogen) atoms. The van der Waals surface area contributed by atoms with Crippen LogP contribution in [0.25, 0.3) is 20.8 Å². The minimum atomic E-state index is -0.331. The highest BCUT2D eigenvalue weighted by Gasteiger charge is 2.57. The molecule has 0 bridgehead atoms. The summed E-state index contributed by atoms with van der Waals surface area (Å²) in [7, 11) is 1.70.